The zero-order chi connectivity index (χ0) is 14.9. The van der Waals surface area contributed by atoms with Crippen molar-refractivity contribution in [1.29, 1.82) is 0 Å². The van der Waals surface area contributed by atoms with Gasteiger partial charge in [-0.3, -0.25) is 0 Å². The number of carboxylic acid groups (broad SMARTS) is 1. The Hall–Kier alpha value is -1.47. The monoisotopic (exact) mass is 406 g/mol. The molecule has 0 unspecified atom stereocenters. The molecule has 0 saturated heterocycles. The van der Waals surface area contributed by atoms with E-state index in [4.69, 9.17) is 9.84 Å². The molecule has 1 N–H and O–H groups in total. The van der Waals surface area contributed by atoms with Crippen molar-refractivity contribution < 1.29 is 23.4 Å². The third-order valence-corrected chi connectivity index (χ3v) is 3.79. The lowest BCUT2D eigenvalue weighted by Gasteiger charge is -2.10. The highest BCUT2D eigenvalue weighted by Crippen LogP contribution is 2.35. The van der Waals surface area contributed by atoms with Crippen LogP contribution in [-0.4, -0.2) is 11.1 Å². The van der Waals surface area contributed by atoms with Crippen LogP contribution in [0.2, 0.25) is 0 Å². The minimum atomic E-state index is -1.26. The van der Waals surface area contributed by atoms with Crippen molar-refractivity contribution in [3.63, 3.8) is 0 Å². The molecule has 3 nitrogen and oxygen atoms in total. The van der Waals surface area contributed by atoms with E-state index in [2.05, 4.69) is 31.9 Å². The smallest absolute Gasteiger partial charge is 0.336 e. The number of halogens is 4. The summed E-state index contributed by atoms with van der Waals surface area (Å²) in [7, 11) is 0. The van der Waals surface area contributed by atoms with Gasteiger partial charge in [-0.2, -0.15) is 0 Å². The van der Waals surface area contributed by atoms with E-state index in [1.54, 1.807) is 0 Å². The molecule has 0 atom stereocenters. The van der Waals surface area contributed by atoms with Gasteiger partial charge in [-0.1, -0.05) is 0 Å². The first-order chi connectivity index (χ1) is 9.40. The Bertz CT molecular complexity index is 690. The third kappa shape index (κ3) is 2.99. The fourth-order valence-corrected chi connectivity index (χ4v) is 2.38. The highest BCUT2D eigenvalue weighted by Gasteiger charge is 2.17. The van der Waals surface area contributed by atoms with E-state index in [1.807, 2.05) is 0 Å². The number of hydrogen-bond acceptors (Lipinski definition) is 2. The molecule has 0 aromatic heterocycles. The van der Waals surface area contributed by atoms with Gasteiger partial charge < -0.3 is 9.84 Å². The molecule has 20 heavy (non-hydrogen) atoms. The molecule has 0 fully saturated rings. The molecule has 0 amide bonds. The van der Waals surface area contributed by atoms with Crippen LogP contribution in [0.3, 0.4) is 0 Å². The molecule has 2 aromatic carbocycles. The Labute approximate surface area is 129 Å². The average molecular weight is 408 g/mol. The van der Waals surface area contributed by atoms with Crippen molar-refractivity contribution in [2.24, 2.45) is 0 Å². The van der Waals surface area contributed by atoms with Crippen LogP contribution >= 0.6 is 31.9 Å². The van der Waals surface area contributed by atoms with Crippen molar-refractivity contribution in [1.82, 2.24) is 0 Å². The zero-order valence-corrected chi connectivity index (χ0v) is 12.8. The van der Waals surface area contributed by atoms with Crippen molar-refractivity contribution in [2.75, 3.05) is 0 Å². The molecule has 0 aliphatic carbocycles. The third-order valence-electron chi connectivity index (χ3n) is 2.39. The maximum absolute atomic E-state index is 14.0. The van der Waals surface area contributed by atoms with Crippen LogP contribution in [0.25, 0.3) is 0 Å². The molecule has 104 valence electrons. The lowest BCUT2D eigenvalue weighted by Crippen LogP contribution is -2.01. The predicted octanol–water partition coefficient (Wildman–Crippen LogP) is 4.98. The Morgan fingerprint density at radius 2 is 1.75 bits per heavy atom. The van der Waals surface area contributed by atoms with Crippen LogP contribution in [0.5, 0.6) is 11.5 Å². The first kappa shape index (κ1) is 14.9. The topological polar surface area (TPSA) is 46.5 Å². The molecule has 0 heterocycles. The Morgan fingerprint density at radius 1 is 1.10 bits per heavy atom. The lowest BCUT2D eigenvalue weighted by atomic mass is 10.2. The van der Waals surface area contributed by atoms with Gasteiger partial charge >= 0.3 is 5.97 Å². The summed E-state index contributed by atoms with van der Waals surface area (Å²) in [5.41, 5.74) is -0.215. The summed E-state index contributed by atoms with van der Waals surface area (Å²) in [5, 5.41) is 8.86. The number of hydrogen-bond donors (Lipinski definition) is 1. The number of rotatable bonds is 3. The number of carbonyl (C=O) groups is 1. The van der Waals surface area contributed by atoms with Crippen LogP contribution in [0, 0.1) is 11.6 Å². The molecule has 2 aromatic rings. The lowest BCUT2D eigenvalue weighted by molar-refractivity contribution is 0.0695. The Balaban J connectivity index is 2.39. The predicted molar refractivity (Wildman–Crippen MR) is 75.2 cm³/mol. The van der Waals surface area contributed by atoms with Gasteiger partial charge in [0.05, 0.1) is 14.5 Å². The van der Waals surface area contributed by atoms with Crippen molar-refractivity contribution >= 4 is 37.8 Å². The summed E-state index contributed by atoms with van der Waals surface area (Å²) in [6.45, 7) is 0. The van der Waals surface area contributed by atoms with E-state index in [0.717, 1.165) is 0 Å². The molecular weight excluding hydrogens is 402 g/mol. The Morgan fingerprint density at radius 3 is 2.35 bits per heavy atom. The van der Waals surface area contributed by atoms with E-state index >= 15 is 0 Å². The highest BCUT2D eigenvalue weighted by molar-refractivity contribution is 9.10. The second-order valence-electron chi connectivity index (χ2n) is 3.72. The summed E-state index contributed by atoms with van der Waals surface area (Å²) < 4.78 is 32.3. The quantitative estimate of drug-likeness (QED) is 0.780. The van der Waals surface area contributed by atoms with Crippen molar-refractivity contribution in [3.05, 3.63) is 56.5 Å². The molecular formula is C13H6Br2F2O3. The second kappa shape index (κ2) is 5.88. The number of ether oxygens (including phenoxy) is 1. The van der Waals surface area contributed by atoms with Crippen LogP contribution in [0.15, 0.2) is 39.3 Å². The summed E-state index contributed by atoms with van der Waals surface area (Å²) in [4.78, 5) is 10.8. The fourth-order valence-electron chi connectivity index (χ4n) is 1.45. The zero-order valence-electron chi connectivity index (χ0n) is 9.66. The number of aromatic carboxylic acids is 1. The largest absolute Gasteiger partial charge is 0.478 e. The van der Waals surface area contributed by atoms with Gasteiger partial charge in [-0.25, -0.2) is 13.6 Å². The van der Waals surface area contributed by atoms with Crippen LogP contribution < -0.4 is 4.74 Å². The first-order valence-corrected chi connectivity index (χ1v) is 6.83. The van der Waals surface area contributed by atoms with Gasteiger partial charge in [0.2, 0.25) is 0 Å². The molecule has 0 spiro atoms. The molecule has 7 heteroatoms. The minimum Gasteiger partial charge on any atom is -0.478 e. The fraction of sp³-hybridized carbons (Fsp3) is 0. The molecule has 0 saturated carbocycles. The van der Waals surface area contributed by atoms with E-state index in [1.165, 1.54) is 30.3 Å². The molecule has 0 bridgehead atoms. The number of benzene rings is 2. The van der Waals surface area contributed by atoms with Crippen LogP contribution in [0.4, 0.5) is 8.78 Å². The van der Waals surface area contributed by atoms with E-state index in [-0.39, 0.29) is 21.5 Å². The Kier molecular flexibility index (Phi) is 4.39. The van der Waals surface area contributed by atoms with Gasteiger partial charge in [0.25, 0.3) is 0 Å². The SMILES string of the molecule is O=C(O)c1ccc(Oc2ccc(F)cc2Br)c(F)c1Br. The van der Waals surface area contributed by atoms with Gasteiger partial charge in [0.15, 0.2) is 11.6 Å². The van der Waals surface area contributed by atoms with E-state index < -0.39 is 17.6 Å². The van der Waals surface area contributed by atoms with Crippen LogP contribution in [0.1, 0.15) is 10.4 Å². The summed E-state index contributed by atoms with van der Waals surface area (Å²) in [5.74, 6) is -2.53. The maximum atomic E-state index is 14.0. The summed E-state index contributed by atoms with van der Waals surface area (Å²) in [6, 6.07) is 6.08. The second-order valence-corrected chi connectivity index (χ2v) is 5.37. The van der Waals surface area contributed by atoms with Gasteiger partial charge in [-0.15, -0.1) is 0 Å². The van der Waals surface area contributed by atoms with Crippen LogP contribution in [-0.2, 0) is 0 Å². The number of carboxylic acids is 1. The normalized spacial score (nSPS) is 10.4. The summed E-state index contributed by atoms with van der Waals surface area (Å²) in [6.07, 6.45) is 0. The van der Waals surface area contributed by atoms with Crippen molar-refractivity contribution in [3.8, 4) is 11.5 Å². The summed E-state index contributed by atoms with van der Waals surface area (Å²) >= 11 is 5.96. The maximum Gasteiger partial charge on any atom is 0.336 e. The minimum absolute atomic E-state index is 0.172. The average Bonchev–Trinajstić information content (AvgIpc) is 2.37. The standard InChI is InChI=1S/C13H6Br2F2O3/c14-8-5-6(16)1-3-9(8)20-10-4-2-7(13(18)19)11(15)12(10)17/h1-5H,(H,18,19). The van der Waals surface area contributed by atoms with Gasteiger partial charge in [-0.05, 0) is 62.2 Å². The molecule has 0 aliphatic heterocycles. The molecule has 0 radical (unpaired) electrons. The first-order valence-electron chi connectivity index (χ1n) is 5.24. The highest BCUT2D eigenvalue weighted by atomic mass is 79.9. The molecule has 2 rings (SSSR count). The molecule has 0 aliphatic rings. The van der Waals surface area contributed by atoms with E-state index in [9.17, 15) is 13.6 Å². The van der Waals surface area contributed by atoms with Gasteiger partial charge in [0, 0.05) is 0 Å². The van der Waals surface area contributed by atoms with E-state index in [0.29, 0.717) is 4.47 Å². The van der Waals surface area contributed by atoms with Crippen molar-refractivity contribution in [2.45, 2.75) is 0 Å². The van der Waals surface area contributed by atoms with Gasteiger partial charge in [0.1, 0.15) is 11.6 Å².